The first-order valence-electron chi connectivity index (χ1n) is 6.71. The van der Waals surface area contributed by atoms with Crippen molar-refractivity contribution in [3.63, 3.8) is 0 Å². The van der Waals surface area contributed by atoms with Crippen LogP contribution in [-0.2, 0) is 9.53 Å². The van der Waals surface area contributed by atoms with Gasteiger partial charge in [-0.1, -0.05) is 6.07 Å². The third-order valence-electron chi connectivity index (χ3n) is 2.90. The fraction of sp³-hybridized carbons (Fsp3) is 0.500. The average molecular weight is 296 g/mol. The van der Waals surface area contributed by atoms with Gasteiger partial charge in [0.1, 0.15) is 6.04 Å². The number of esters is 1. The lowest BCUT2D eigenvalue weighted by atomic mass is 10.2. The Labute approximate surface area is 123 Å². The topological polar surface area (TPSA) is 90.7 Å². The molecular weight excluding hydrogens is 276 g/mol. The number of rotatable bonds is 8. The van der Waals surface area contributed by atoms with Crippen LogP contribution >= 0.6 is 0 Å². The predicted octanol–water partition coefficient (Wildman–Crippen LogP) is 1.82. The molecular formula is C14H20N2O5. The SMILES string of the molecule is CCOC(=O)C(CCOc1cc(C)ccc1[N+](=O)[O-])NC. The molecule has 1 atom stereocenters. The van der Waals surface area contributed by atoms with Gasteiger partial charge in [0.05, 0.1) is 18.1 Å². The molecule has 0 fully saturated rings. The number of carbonyl (C=O) groups is 1. The van der Waals surface area contributed by atoms with Crippen molar-refractivity contribution >= 4 is 11.7 Å². The van der Waals surface area contributed by atoms with Gasteiger partial charge in [-0.25, -0.2) is 0 Å². The van der Waals surface area contributed by atoms with Crippen LogP contribution in [0.15, 0.2) is 18.2 Å². The van der Waals surface area contributed by atoms with Crippen LogP contribution in [0, 0.1) is 17.0 Å². The third-order valence-corrected chi connectivity index (χ3v) is 2.90. The molecule has 0 aliphatic rings. The quantitative estimate of drug-likeness (QED) is 0.447. The van der Waals surface area contributed by atoms with E-state index in [0.717, 1.165) is 5.56 Å². The van der Waals surface area contributed by atoms with E-state index in [1.54, 1.807) is 26.1 Å². The van der Waals surface area contributed by atoms with Gasteiger partial charge in [0.25, 0.3) is 0 Å². The van der Waals surface area contributed by atoms with Crippen molar-refractivity contribution in [3.05, 3.63) is 33.9 Å². The van der Waals surface area contributed by atoms with Crippen LogP contribution in [0.2, 0.25) is 0 Å². The second-order valence-electron chi connectivity index (χ2n) is 4.46. The smallest absolute Gasteiger partial charge is 0.323 e. The number of nitro groups is 1. The molecule has 7 heteroatoms. The summed E-state index contributed by atoms with van der Waals surface area (Å²) < 4.78 is 10.4. The number of hydrogen-bond acceptors (Lipinski definition) is 6. The van der Waals surface area contributed by atoms with E-state index < -0.39 is 11.0 Å². The van der Waals surface area contributed by atoms with Crippen LogP contribution in [0.4, 0.5) is 5.69 Å². The van der Waals surface area contributed by atoms with Crippen LogP contribution < -0.4 is 10.1 Å². The summed E-state index contributed by atoms with van der Waals surface area (Å²) in [5.41, 5.74) is 0.781. The Morgan fingerprint density at radius 3 is 2.76 bits per heavy atom. The van der Waals surface area contributed by atoms with Crippen LogP contribution in [-0.4, -0.2) is 37.2 Å². The van der Waals surface area contributed by atoms with Crippen LogP contribution in [0.5, 0.6) is 5.75 Å². The van der Waals surface area contributed by atoms with Crippen LogP contribution in [0.3, 0.4) is 0 Å². The molecule has 1 aromatic carbocycles. The van der Waals surface area contributed by atoms with Crippen LogP contribution in [0.1, 0.15) is 18.9 Å². The summed E-state index contributed by atoms with van der Waals surface area (Å²) in [7, 11) is 1.65. The molecule has 0 bridgehead atoms. The third kappa shape index (κ3) is 5.03. The zero-order chi connectivity index (χ0) is 15.8. The molecule has 1 aromatic rings. The second kappa shape index (κ2) is 8.21. The van der Waals surface area contributed by atoms with E-state index in [0.29, 0.717) is 13.0 Å². The first-order chi connectivity index (χ1) is 9.99. The lowest BCUT2D eigenvalue weighted by molar-refractivity contribution is -0.385. The summed E-state index contributed by atoms with van der Waals surface area (Å²) in [6, 6.07) is 4.18. The van der Waals surface area contributed by atoms with E-state index in [9.17, 15) is 14.9 Å². The van der Waals surface area contributed by atoms with Gasteiger partial charge in [0.2, 0.25) is 0 Å². The first kappa shape index (κ1) is 16.9. The number of aryl methyl sites for hydroxylation is 1. The summed E-state index contributed by atoms with van der Waals surface area (Å²) >= 11 is 0. The van der Waals surface area contributed by atoms with E-state index >= 15 is 0 Å². The summed E-state index contributed by atoms with van der Waals surface area (Å²) in [6.07, 6.45) is 0.362. The molecule has 116 valence electrons. The minimum atomic E-state index is -0.492. The molecule has 1 N–H and O–H groups in total. The lowest BCUT2D eigenvalue weighted by Gasteiger charge is -2.15. The molecule has 1 unspecified atom stereocenters. The fourth-order valence-electron chi connectivity index (χ4n) is 1.80. The highest BCUT2D eigenvalue weighted by Crippen LogP contribution is 2.27. The van der Waals surface area contributed by atoms with Crippen molar-refractivity contribution in [1.29, 1.82) is 0 Å². The monoisotopic (exact) mass is 296 g/mol. The lowest BCUT2D eigenvalue weighted by Crippen LogP contribution is -2.36. The Morgan fingerprint density at radius 1 is 1.48 bits per heavy atom. The van der Waals surface area contributed by atoms with E-state index in [2.05, 4.69) is 5.32 Å². The number of likely N-dealkylation sites (N-methyl/N-ethyl adjacent to an activating group) is 1. The highest BCUT2D eigenvalue weighted by Gasteiger charge is 2.19. The van der Waals surface area contributed by atoms with E-state index in [-0.39, 0.29) is 24.0 Å². The van der Waals surface area contributed by atoms with Crippen molar-refractivity contribution in [1.82, 2.24) is 5.32 Å². The van der Waals surface area contributed by atoms with Gasteiger partial charge in [-0.3, -0.25) is 14.9 Å². The zero-order valence-corrected chi connectivity index (χ0v) is 12.4. The number of ether oxygens (including phenoxy) is 2. The van der Waals surface area contributed by atoms with Crippen molar-refractivity contribution in [2.24, 2.45) is 0 Å². The molecule has 0 heterocycles. The highest BCUT2D eigenvalue weighted by molar-refractivity contribution is 5.75. The average Bonchev–Trinajstić information content (AvgIpc) is 2.43. The maximum atomic E-state index is 11.6. The zero-order valence-electron chi connectivity index (χ0n) is 12.4. The summed E-state index contributed by atoms with van der Waals surface area (Å²) in [5, 5.41) is 13.8. The summed E-state index contributed by atoms with van der Waals surface area (Å²) in [4.78, 5) is 22.0. The van der Waals surface area contributed by atoms with Crippen molar-refractivity contribution < 1.29 is 19.2 Å². The number of nitrogens with zero attached hydrogens (tertiary/aromatic N) is 1. The summed E-state index contributed by atoms with van der Waals surface area (Å²) in [6.45, 7) is 4.04. The highest BCUT2D eigenvalue weighted by atomic mass is 16.6. The molecule has 0 aliphatic carbocycles. The largest absolute Gasteiger partial charge is 0.487 e. The standard InChI is InChI=1S/C14H20N2O5/c1-4-20-14(17)11(15-3)7-8-21-13-9-10(2)5-6-12(13)16(18)19/h5-6,9,11,15H,4,7-8H2,1-3H3. The molecule has 7 nitrogen and oxygen atoms in total. The van der Waals surface area contributed by atoms with Gasteiger partial charge in [-0.05, 0) is 32.5 Å². The number of benzene rings is 1. The number of nitro benzene ring substituents is 1. The van der Waals surface area contributed by atoms with Gasteiger partial charge >= 0.3 is 11.7 Å². The maximum absolute atomic E-state index is 11.6. The van der Waals surface area contributed by atoms with Gasteiger partial charge in [-0.15, -0.1) is 0 Å². The summed E-state index contributed by atoms with van der Waals surface area (Å²) in [5.74, 6) is -0.152. The number of nitrogens with one attached hydrogen (secondary N) is 1. The molecule has 1 rings (SSSR count). The van der Waals surface area contributed by atoms with Gasteiger partial charge in [0.15, 0.2) is 5.75 Å². The van der Waals surface area contributed by atoms with Gasteiger partial charge < -0.3 is 14.8 Å². The minimum absolute atomic E-state index is 0.0854. The maximum Gasteiger partial charge on any atom is 0.323 e. The molecule has 0 amide bonds. The van der Waals surface area contributed by atoms with E-state index in [4.69, 9.17) is 9.47 Å². The molecule has 0 spiro atoms. The molecule has 0 saturated carbocycles. The Bertz CT molecular complexity index is 504. The van der Waals surface area contributed by atoms with Gasteiger partial charge in [0, 0.05) is 12.5 Å². The minimum Gasteiger partial charge on any atom is -0.487 e. The predicted molar refractivity (Wildman–Crippen MR) is 77.4 cm³/mol. The molecule has 0 aromatic heterocycles. The van der Waals surface area contributed by atoms with Crippen molar-refractivity contribution in [2.75, 3.05) is 20.3 Å². The normalized spacial score (nSPS) is 11.8. The van der Waals surface area contributed by atoms with Crippen LogP contribution in [0.25, 0.3) is 0 Å². The van der Waals surface area contributed by atoms with E-state index in [1.807, 2.05) is 6.92 Å². The Balaban J connectivity index is 2.64. The van der Waals surface area contributed by atoms with Gasteiger partial charge in [-0.2, -0.15) is 0 Å². The number of carbonyl (C=O) groups excluding carboxylic acids is 1. The second-order valence-corrected chi connectivity index (χ2v) is 4.46. The number of hydrogen-bond donors (Lipinski definition) is 1. The van der Waals surface area contributed by atoms with Crippen molar-refractivity contribution in [2.45, 2.75) is 26.3 Å². The molecule has 0 saturated heterocycles. The molecule has 21 heavy (non-hydrogen) atoms. The Morgan fingerprint density at radius 2 is 2.19 bits per heavy atom. The first-order valence-corrected chi connectivity index (χ1v) is 6.71. The van der Waals surface area contributed by atoms with Crippen molar-refractivity contribution in [3.8, 4) is 5.75 Å². The Kier molecular flexibility index (Phi) is 6.61. The fourth-order valence-corrected chi connectivity index (χ4v) is 1.80. The molecule has 0 radical (unpaired) electrons. The van der Waals surface area contributed by atoms with E-state index in [1.165, 1.54) is 6.07 Å². The molecule has 0 aliphatic heterocycles. The Hall–Kier alpha value is -2.15.